The van der Waals surface area contributed by atoms with Gasteiger partial charge in [0.05, 0.1) is 11.7 Å². The number of hydrogen-bond donors (Lipinski definition) is 1. The van der Waals surface area contributed by atoms with Crippen molar-refractivity contribution in [2.45, 2.75) is 44.4 Å². The molecule has 0 bridgehead atoms. The van der Waals surface area contributed by atoms with Crippen LogP contribution in [0.4, 0.5) is 0 Å². The number of fused-ring (bicyclic) bond motifs is 3. The summed E-state index contributed by atoms with van der Waals surface area (Å²) in [4.78, 5) is 0. The Labute approximate surface area is 97.0 Å². The minimum atomic E-state index is -0.00137. The van der Waals surface area contributed by atoms with Gasteiger partial charge in [-0.05, 0) is 30.9 Å². The van der Waals surface area contributed by atoms with Crippen LogP contribution in [-0.4, -0.2) is 18.2 Å². The average molecular weight is 217 g/mol. The van der Waals surface area contributed by atoms with E-state index in [1.807, 2.05) is 0 Å². The fourth-order valence-electron chi connectivity index (χ4n) is 2.79. The second kappa shape index (κ2) is 3.57. The lowest BCUT2D eigenvalue weighted by Crippen LogP contribution is -2.52. The van der Waals surface area contributed by atoms with Crippen LogP contribution in [0.3, 0.4) is 0 Å². The molecule has 0 amide bonds. The van der Waals surface area contributed by atoms with Crippen molar-refractivity contribution < 1.29 is 4.74 Å². The number of rotatable bonds is 1. The highest BCUT2D eigenvalue weighted by Gasteiger charge is 2.42. The lowest BCUT2D eigenvalue weighted by Gasteiger charge is -2.41. The van der Waals surface area contributed by atoms with Crippen molar-refractivity contribution >= 4 is 0 Å². The molecule has 1 N–H and O–H groups in total. The highest BCUT2D eigenvalue weighted by atomic mass is 16.5. The summed E-state index contributed by atoms with van der Waals surface area (Å²) in [5, 5.41) is 3.64. The van der Waals surface area contributed by atoms with E-state index >= 15 is 0 Å². The number of nitrogens with one attached hydrogen (secondary N) is 1. The predicted molar refractivity (Wildman–Crippen MR) is 64.5 cm³/mol. The summed E-state index contributed by atoms with van der Waals surface area (Å²) in [5.41, 5.74) is 2.84. The van der Waals surface area contributed by atoms with Crippen LogP contribution in [0.1, 0.15) is 37.5 Å². The SMILES string of the molecule is CCC1(C)CNC2Cc3ccccc3C2O1. The molecule has 1 heterocycles. The molecular formula is C14H19NO. The first-order valence-electron chi connectivity index (χ1n) is 6.21. The molecule has 0 radical (unpaired) electrons. The number of hydrogen-bond acceptors (Lipinski definition) is 2. The summed E-state index contributed by atoms with van der Waals surface area (Å²) in [7, 11) is 0. The molecule has 0 spiro atoms. The lowest BCUT2D eigenvalue weighted by molar-refractivity contribution is -0.124. The minimum Gasteiger partial charge on any atom is -0.364 e. The molecule has 1 aliphatic heterocycles. The predicted octanol–water partition coefficient (Wildman–Crippen LogP) is 2.44. The number of morpholine rings is 1. The molecule has 1 aromatic rings. The third kappa shape index (κ3) is 1.48. The van der Waals surface area contributed by atoms with E-state index in [9.17, 15) is 0 Å². The van der Waals surface area contributed by atoms with Gasteiger partial charge >= 0.3 is 0 Å². The van der Waals surface area contributed by atoms with Gasteiger partial charge in [0.25, 0.3) is 0 Å². The molecule has 0 aromatic heterocycles. The highest BCUT2D eigenvalue weighted by molar-refractivity contribution is 5.36. The summed E-state index contributed by atoms with van der Waals surface area (Å²) in [6.07, 6.45) is 2.43. The van der Waals surface area contributed by atoms with Crippen LogP contribution in [0.15, 0.2) is 24.3 Å². The van der Waals surface area contributed by atoms with E-state index in [1.165, 1.54) is 11.1 Å². The van der Waals surface area contributed by atoms with Crippen LogP contribution >= 0.6 is 0 Å². The van der Waals surface area contributed by atoms with E-state index in [1.54, 1.807) is 0 Å². The maximum atomic E-state index is 6.31. The largest absolute Gasteiger partial charge is 0.364 e. The number of benzene rings is 1. The molecule has 2 nitrogen and oxygen atoms in total. The van der Waals surface area contributed by atoms with Gasteiger partial charge in [-0.2, -0.15) is 0 Å². The summed E-state index contributed by atoms with van der Waals surface area (Å²) in [6, 6.07) is 9.15. The van der Waals surface area contributed by atoms with E-state index in [0.717, 1.165) is 19.4 Å². The Kier molecular flexibility index (Phi) is 2.30. The molecule has 1 aromatic carbocycles. The standard InChI is InChI=1S/C14H19NO/c1-3-14(2)9-15-12-8-10-6-4-5-7-11(10)13(12)16-14/h4-7,12-13,15H,3,8-9H2,1-2H3. The van der Waals surface area contributed by atoms with Gasteiger partial charge in [-0.1, -0.05) is 31.2 Å². The quantitative estimate of drug-likeness (QED) is 0.780. The Morgan fingerprint density at radius 3 is 3.06 bits per heavy atom. The monoisotopic (exact) mass is 217 g/mol. The first kappa shape index (κ1) is 10.3. The molecule has 1 saturated heterocycles. The normalized spacial score (nSPS) is 36.9. The Morgan fingerprint density at radius 1 is 1.44 bits per heavy atom. The van der Waals surface area contributed by atoms with Crippen LogP contribution < -0.4 is 5.32 Å². The van der Waals surface area contributed by atoms with Crippen molar-refractivity contribution in [1.82, 2.24) is 5.32 Å². The van der Waals surface area contributed by atoms with Gasteiger partial charge in [0.1, 0.15) is 0 Å². The number of ether oxygens (including phenoxy) is 1. The van der Waals surface area contributed by atoms with Gasteiger partial charge in [0.15, 0.2) is 0 Å². The van der Waals surface area contributed by atoms with Gasteiger partial charge < -0.3 is 10.1 Å². The van der Waals surface area contributed by atoms with E-state index < -0.39 is 0 Å². The van der Waals surface area contributed by atoms with Crippen molar-refractivity contribution in [3.63, 3.8) is 0 Å². The zero-order valence-electron chi connectivity index (χ0n) is 9.99. The molecule has 2 heteroatoms. The van der Waals surface area contributed by atoms with Crippen molar-refractivity contribution in [2.24, 2.45) is 0 Å². The summed E-state index contributed by atoms with van der Waals surface area (Å²) < 4.78 is 6.31. The van der Waals surface area contributed by atoms with E-state index in [0.29, 0.717) is 6.04 Å². The Morgan fingerprint density at radius 2 is 2.25 bits per heavy atom. The first-order chi connectivity index (χ1) is 7.72. The minimum absolute atomic E-state index is 0.00137. The molecule has 86 valence electrons. The van der Waals surface area contributed by atoms with E-state index in [2.05, 4.69) is 43.4 Å². The fraction of sp³-hybridized carbons (Fsp3) is 0.571. The van der Waals surface area contributed by atoms with Crippen molar-refractivity contribution in [2.75, 3.05) is 6.54 Å². The highest BCUT2D eigenvalue weighted by Crippen LogP contribution is 2.40. The zero-order chi connectivity index (χ0) is 11.2. The second-order valence-electron chi connectivity index (χ2n) is 5.23. The fourth-order valence-corrected chi connectivity index (χ4v) is 2.79. The maximum absolute atomic E-state index is 6.31. The topological polar surface area (TPSA) is 21.3 Å². The Balaban J connectivity index is 1.92. The third-order valence-electron chi connectivity index (χ3n) is 4.06. The molecule has 16 heavy (non-hydrogen) atoms. The van der Waals surface area contributed by atoms with Crippen molar-refractivity contribution in [3.05, 3.63) is 35.4 Å². The molecule has 3 atom stereocenters. The van der Waals surface area contributed by atoms with Gasteiger partial charge in [-0.25, -0.2) is 0 Å². The Bertz CT molecular complexity index is 403. The first-order valence-corrected chi connectivity index (χ1v) is 6.21. The van der Waals surface area contributed by atoms with Crippen molar-refractivity contribution in [1.29, 1.82) is 0 Å². The average Bonchev–Trinajstić information content (AvgIpc) is 2.67. The molecule has 0 saturated carbocycles. The van der Waals surface area contributed by atoms with E-state index in [-0.39, 0.29) is 11.7 Å². The lowest BCUT2D eigenvalue weighted by atomic mass is 9.97. The van der Waals surface area contributed by atoms with Crippen LogP contribution in [0.2, 0.25) is 0 Å². The van der Waals surface area contributed by atoms with Crippen molar-refractivity contribution in [3.8, 4) is 0 Å². The molecule has 1 fully saturated rings. The van der Waals surface area contributed by atoms with Gasteiger partial charge in [0.2, 0.25) is 0 Å². The summed E-state index contributed by atoms with van der Waals surface area (Å²) in [5.74, 6) is 0. The van der Waals surface area contributed by atoms with E-state index in [4.69, 9.17) is 4.74 Å². The molecular weight excluding hydrogens is 198 g/mol. The van der Waals surface area contributed by atoms with Crippen LogP contribution in [0.5, 0.6) is 0 Å². The van der Waals surface area contributed by atoms with Gasteiger partial charge in [-0.15, -0.1) is 0 Å². The smallest absolute Gasteiger partial charge is 0.0991 e. The van der Waals surface area contributed by atoms with Gasteiger partial charge in [0, 0.05) is 12.6 Å². The van der Waals surface area contributed by atoms with Gasteiger partial charge in [-0.3, -0.25) is 0 Å². The summed E-state index contributed by atoms with van der Waals surface area (Å²) in [6.45, 7) is 5.37. The second-order valence-corrected chi connectivity index (χ2v) is 5.23. The van der Waals surface area contributed by atoms with Crippen LogP contribution in [-0.2, 0) is 11.2 Å². The summed E-state index contributed by atoms with van der Waals surface area (Å²) >= 11 is 0. The maximum Gasteiger partial charge on any atom is 0.0991 e. The Hall–Kier alpha value is -0.860. The molecule has 3 rings (SSSR count). The van der Waals surface area contributed by atoms with Crippen LogP contribution in [0.25, 0.3) is 0 Å². The third-order valence-corrected chi connectivity index (χ3v) is 4.06. The molecule has 1 aliphatic carbocycles. The molecule has 3 unspecified atom stereocenters. The molecule has 2 aliphatic rings. The zero-order valence-corrected chi connectivity index (χ0v) is 9.99. The van der Waals surface area contributed by atoms with Crippen LogP contribution in [0, 0.1) is 0 Å².